The Morgan fingerprint density at radius 2 is 2.14 bits per heavy atom. The van der Waals surface area contributed by atoms with Crippen molar-refractivity contribution in [3.8, 4) is 5.75 Å². The van der Waals surface area contributed by atoms with Crippen LogP contribution in [0.15, 0.2) is 18.2 Å². The molecule has 1 aliphatic carbocycles. The van der Waals surface area contributed by atoms with Gasteiger partial charge in [0.1, 0.15) is 11.9 Å². The monoisotopic (exact) mass is 291 g/mol. The fourth-order valence-electron chi connectivity index (χ4n) is 3.36. The smallest absolute Gasteiger partial charge is 0.122 e. The number of aliphatic hydroxyl groups is 1. The molecule has 0 radical (unpaired) electrons. The molecule has 1 saturated carbocycles. The molecule has 1 aliphatic rings. The Labute approximate surface area is 128 Å². The third-order valence-electron chi connectivity index (χ3n) is 4.33. The van der Waals surface area contributed by atoms with Crippen molar-refractivity contribution in [2.75, 3.05) is 6.61 Å². The summed E-state index contributed by atoms with van der Waals surface area (Å²) in [4.78, 5) is 0. The number of aryl methyl sites for hydroxylation is 2. The maximum Gasteiger partial charge on any atom is 0.122 e. The van der Waals surface area contributed by atoms with Gasteiger partial charge >= 0.3 is 0 Å². The minimum absolute atomic E-state index is 0.178. The summed E-state index contributed by atoms with van der Waals surface area (Å²) in [5, 5.41) is 13.4. The van der Waals surface area contributed by atoms with E-state index in [0.29, 0.717) is 6.04 Å². The van der Waals surface area contributed by atoms with Crippen LogP contribution in [0.2, 0.25) is 0 Å². The second-order valence-corrected chi connectivity index (χ2v) is 6.84. The SMILES string of the molecule is Cc1ccc(C)c(OC2CCCC(CO)(NC(C)C)C2)c1. The van der Waals surface area contributed by atoms with Crippen LogP contribution in [-0.4, -0.2) is 29.4 Å². The lowest BCUT2D eigenvalue weighted by Gasteiger charge is -2.41. The van der Waals surface area contributed by atoms with E-state index >= 15 is 0 Å². The van der Waals surface area contributed by atoms with E-state index in [2.05, 4.69) is 51.2 Å². The van der Waals surface area contributed by atoms with Crippen molar-refractivity contribution in [1.82, 2.24) is 5.32 Å². The van der Waals surface area contributed by atoms with Crippen LogP contribution in [0.4, 0.5) is 0 Å². The van der Waals surface area contributed by atoms with E-state index < -0.39 is 0 Å². The molecule has 1 aromatic rings. The van der Waals surface area contributed by atoms with Gasteiger partial charge in [0.2, 0.25) is 0 Å². The fourth-order valence-corrected chi connectivity index (χ4v) is 3.36. The van der Waals surface area contributed by atoms with Crippen LogP contribution in [0.5, 0.6) is 5.75 Å². The first-order valence-corrected chi connectivity index (χ1v) is 8.06. The Morgan fingerprint density at radius 3 is 2.81 bits per heavy atom. The predicted octanol–water partition coefficient (Wildman–Crippen LogP) is 3.35. The molecule has 2 unspecified atom stereocenters. The molecule has 1 aromatic carbocycles. The molecule has 118 valence electrons. The number of hydrogen-bond donors (Lipinski definition) is 2. The first-order valence-electron chi connectivity index (χ1n) is 8.06. The van der Waals surface area contributed by atoms with E-state index in [4.69, 9.17) is 4.74 Å². The van der Waals surface area contributed by atoms with Gasteiger partial charge in [-0.2, -0.15) is 0 Å². The highest BCUT2D eigenvalue weighted by Crippen LogP contribution is 2.32. The normalized spacial score (nSPS) is 26.1. The Bertz CT molecular complexity index is 472. The quantitative estimate of drug-likeness (QED) is 0.874. The molecule has 21 heavy (non-hydrogen) atoms. The predicted molar refractivity (Wildman–Crippen MR) is 86.9 cm³/mol. The zero-order valence-corrected chi connectivity index (χ0v) is 13.8. The Morgan fingerprint density at radius 1 is 1.38 bits per heavy atom. The maximum atomic E-state index is 9.85. The minimum Gasteiger partial charge on any atom is -0.490 e. The van der Waals surface area contributed by atoms with E-state index in [1.54, 1.807) is 0 Å². The van der Waals surface area contributed by atoms with Gasteiger partial charge in [0.25, 0.3) is 0 Å². The summed E-state index contributed by atoms with van der Waals surface area (Å²) in [6, 6.07) is 6.71. The molecule has 0 heterocycles. The summed E-state index contributed by atoms with van der Waals surface area (Å²) >= 11 is 0. The second kappa shape index (κ2) is 6.80. The Hall–Kier alpha value is -1.06. The summed E-state index contributed by atoms with van der Waals surface area (Å²) in [5.74, 6) is 0.985. The summed E-state index contributed by atoms with van der Waals surface area (Å²) in [6.07, 6.45) is 4.23. The highest BCUT2D eigenvalue weighted by atomic mass is 16.5. The first-order chi connectivity index (χ1) is 9.94. The third kappa shape index (κ3) is 4.21. The van der Waals surface area contributed by atoms with E-state index in [1.165, 1.54) is 11.1 Å². The van der Waals surface area contributed by atoms with Gasteiger partial charge in [-0.1, -0.05) is 26.0 Å². The van der Waals surface area contributed by atoms with E-state index in [1.807, 2.05) is 0 Å². The molecule has 2 N–H and O–H groups in total. The van der Waals surface area contributed by atoms with E-state index in [0.717, 1.165) is 31.4 Å². The highest BCUT2D eigenvalue weighted by Gasteiger charge is 2.37. The minimum atomic E-state index is -0.186. The maximum absolute atomic E-state index is 9.85. The number of ether oxygens (including phenoxy) is 1. The van der Waals surface area contributed by atoms with Crippen LogP contribution in [0.25, 0.3) is 0 Å². The van der Waals surface area contributed by atoms with Crippen LogP contribution in [0.1, 0.15) is 50.7 Å². The van der Waals surface area contributed by atoms with Gasteiger partial charge in [-0.25, -0.2) is 0 Å². The van der Waals surface area contributed by atoms with Crippen molar-refractivity contribution in [2.45, 2.75) is 71.1 Å². The molecule has 0 spiro atoms. The summed E-state index contributed by atoms with van der Waals surface area (Å²) in [5.41, 5.74) is 2.21. The Balaban J connectivity index is 2.08. The van der Waals surface area contributed by atoms with Gasteiger partial charge in [0.05, 0.1) is 6.61 Å². The highest BCUT2D eigenvalue weighted by molar-refractivity contribution is 5.36. The first kappa shape index (κ1) is 16.3. The van der Waals surface area contributed by atoms with Crippen molar-refractivity contribution in [3.05, 3.63) is 29.3 Å². The zero-order valence-electron chi connectivity index (χ0n) is 13.8. The zero-order chi connectivity index (χ0) is 15.5. The number of hydrogen-bond acceptors (Lipinski definition) is 3. The molecular formula is C18H29NO2. The van der Waals surface area contributed by atoms with Gasteiger partial charge in [0.15, 0.2) is 0 Å². The number of rotatable bonds is 5. The molecular weight excluding hydrogens is 262 g/mol. The molecule has 2 rings (SSSR count). The summed E-state index contributed by atoms with van der Waals surface area (Å²) in [7, 11) is 0. The van der Waals surface area contributed by atoms with Gasteiger partial charge in [-0.3, -0.25) is 0 Å². The third-order valence-corrected chi connectivity index (χ3v) is 4.33. The van der Waals surface area contributed by atoms with Gasteiger partial charge in [-0.15, -0.1) is 0 Å². The fraction of sp³-hybridized carbons (Fsp3) is 0.667. The average molecular weight is 291 g/mol. The van der Waals surface area contributed by atoms with Gasteiger partial charge in [-0.05, 0) is 50.3 Å². The van der Waals surface area contributed by atoms with Gasteiger partial charge < -0.3 is 15.2 Å². The molecule has 0 aliphatic heterocycles. The number of aliphatic hydroxyl groups excluding tert-OH is 1. The molecule has 1 fully saturated rings. The number of nitrogens with one attached hydrogen (secondary N) is 1. The van der Waals surface area contributed by atoms with Crippen LogP contribution in [0, 0.1) is 13.8 Å². The lowest BCUT2D eigenvalue weighted by atomic mass is 9.80. The lowest BCUT2D eigenvalue weighted by Crippen LogP contribution is -2.55. The molecule has 3 heteroatoms. The molecule has 0 aromatic heterocycles. The largest absolute Gasteiger partial charge is 0.490 e. The van der Waals surface area contributed by atoms with Crippen molar-refractivity contribution in [3.63, 3.8) is 0 Å². The van der Waals surface area contributed by atoms with Crippen molar-refractivity contribution < 1.29 is 9.84 Å². The molecule has 3 nitrogen and oxygen atoms in total. The second-order valence-electron chi connectivity index (χ2n) is 6.84. The van der Waals surface area contributed by atoms with E-state index in [9.17, 15) is 5.11 Å². The molecule has 0 amide bonds. The average Bonchev–Trinajstić information content (AvgIpc) is 2.42. The van der Waals surface area contributed by atoms with Crippen molar-refractivity contribution in [2.24, 2.45) is 0 Å². The van der Waals surface area contributed by atoms with Gasteiger partial charge in [0, 0.05) is 18.0 Å². The van der Waals surface area contributed by atoms with Crippen LogP contribution in [-0.2, 0) is 0 Å². The topological polar surface area (TPSA) is 41.5 Å². The number of benzene rings is 1. The Kier molecular flexibility index (Phi) is 5.28. The summed E-state index contributed by atoms with van der Waals surface area (Å²) < 4.78 is 6.25. The van der Waals surface area contributed by atoms with Crippen LogP contribution < -0.4 is 10.1 Å². The molecule has 0 saturated heterocycles. The summed E-state index contributed by atoms with van der Waals surface area (Å²) in [6.45, 7) is 8.62. The van der Waals surface area contributed by atoms with Crippen molar-refractivity contribution >= 4 is 0 Å². The van der Waals surface area contributed by atoms with E-state index in [-0.39, 0.29) is 18.2 Å². The van der Waals surface area contributed by atoms with Crippen LogP contribution >= 0.6 is 0 Å². The molecule has 2 atom stereocenters. The molecule has 0 bridgehead atoms. The standard InChI is InChI=1S/C18H29NO2/c1-13(2)19-18(12-20)9-5-6-16(11-18)21-17-10-14(3)7-8-15(17)4/h7-8,10,13,16,19-20H,5-6,9,11-12H2,1-4H3. The lowest BCUT2D eigenvalue weighted by molar-refractivity contribution is 0.0458. The van der Waals surface area contributed by atoms with Crippen molar-refractivity contribution in [1.29, 1.82) is 0 Å². The van der Waals surface area contributed by atoms with Crippen LogP contribution in [0.3, 0.4) is 0 Å².